The van der Waals surface area contributed by atoms with Crippen molar-refractivity contribution in [2.75, 3.05) is 25.0 Å². The predicted molar refractivity (Wildman–Crippen MR) is 68.3 cm³/mol. The summed E-state index contributed by atoms with van der Waals surface area (Å²) in [7, 11) is 0. The van der Waals surface area contributed by atoms with Crippen molar-refractivity contribution in [2.45, 2.75) is 18.4 Å². The van der Waals surface area contributed by atoms with E-state index in [1.54, 1.807) is 24.5 Å². The van der Waals surface area contributed by atoms with Crippen LogP contribution in [0.1, 0.15) is 12.8 Å². The van der Waals surface area contributed by atoms with Gasteiger partial charge in [0, 0.05) is 6.20 Å². The molecule has 2 rings (SSSR count). The maximum absolute atomic E-state index is 11.9. The van der Waals surface area contributed by atoms with Crippen LogP contribution in [-0.4, -0.2) is 41.4 Å². The van der Waals surface area contributed by atoms with Crippen molar-refractivity contribution in [2.24, 2.45) is 0 Å². The standard InChI is InChI=1S/C12H18N4O2/c17-9-12(3-6-13-7-4-12)16-11(18)15-10-2-1-5-14-8-10/h1-2,5,8,13,17H,3-4,6-7,9H2,(H2,15,16,18). The molecule has 0 atom stereocenters. The number of aromatic nitrogens is 1. The van der Waals surface area contributed by atoms with E-state index in [2.05, 4.69) is 20.9 Å². The van der Waals surface area contributed by atoms with Crippen LogP contribution in [0.25, 0.3) is 0 Å². The number of aliphatic hydroxyl groups is 1. The molecule has 4 N–H and O–H groups in total. The third kappa shape index (κ3) is 3.18. The molecule has 18 heavy (non-hydrogen) atoms. The minimum Gasteiger partial charge on any atom is -0.394 e. The Morgan fingerprint density at radius 1 is 1.50 bits per heavy atom. The van der Waals surface area contributed by atoms with E-state index >= 15 is 0 Å². The first kappa shape index (κ1) is 12.8. The minimum atomic E-state index is -0.516. The first-order chi connectivity index (χ1) is 8.74. The predicted octanol–water partition coefficient (Wildman–Crippen LogP) is 0.318. The van der Waals surface area contributed by atoms with Crippen LogP contribution in [0.4, 0.5) is 10.5 Å². The molecule has 1 aliphatic heterocycles. The highest BCUT2D eigenvalue weighted by Gasteiger charge is 2.32. The number of hydrogen-bond acceptors (Lipinski definition) is 4. The average molecular weight is 250 g/mol. The van der Waals surface area contributed by atoms with Gasteiger partial charge in [-0.05, 0) is 38.1 Å². The number of carbonyl (C=O) groups is 1. The topological polar surface area (TPSA) is 86.3 Å². The van der Waals surface area contributed by atoms with Crippen LogP contribution in [0.3, 0.4) is 0 Å². The maximum atomic E-state index is 11.9. The van der Waals surface area contributed by atoms with Crippen LogP contribution in [0.2, 0.25) is 0 Å². The van der Waals surface area contributed by atoms with Crippen LogP contribution in [0, 0.1) is 0 Å². The van der Waals surface area contributed by atoms with Gasteiger partial charge in [-0.1, -0.05) is 0 Å². The molecule has 6 heteroatoms. The molecular weight excluding hydrogens is 232 g/mol. The second-order valence-corrected chi connectivity index (χ2v) is 4.51. The van der Waals surface area contributed by atoms with Gasteiger partial charge in [-0.25, -0.2) is 4.79 Å². The number of nitrogens with one attached hydrogen (secondary N) is 3. The Balaban J connectivity index is 1.93. The Hall–Kier alpha value is -1.66. The number of piperidine rings is 1. The fraction of sp³-hybridized carbons (Fsp3) is 0.500. The van der Waals surface area contributed by atoms with E-state index in [1.807, 2.05) is 0 Å². The molecule has 0 aromatic carbocycles. The number of urea groups is 1. The molecule has 1 aromatic rings. The average Bonchev–Trinajstić information content (AvgIpc) is 2.41. The van der Waals surface area contributed by atoms with E-state index in [9.17, 15) is 9.90 Å². The smallest absolute Gasteiger partial charge is 0.319 e. The Morgan fingerprint density at radius 3 is 2.89 bits per heavy atom. The number of nitrogens with zero attached hydrogens (tertiary/aromatic N) is 1. The lowest BCUT2D eigenvalue weighted by atomic mass is 9.89. The molecule has 1 aromatic heterocycles. The highest BCUT2D eigenvalue weighted by molar-refractivity contribution is 5.89. The van der Waals surface area contributed by atoms with E-state index in [0.29, 0.717) is 5.69 Å². The molecule has 0 radical (unpaired) electrons. The lowest BCUT2D eigenvalue weighted by Gasteiger charge is -2.36. The molecular formula is C12H18N4O2. The number of amides is 2. The van der Waals surface area contributed by atoms with Crippen molar-refractivity contribution in [3.8, 4) is 0 Å². The van der Waals surface area contributed by atoms with Crippen LogP contribution >= 0.6 is 0 Å². The fourth-order valence-electron chi connectivity index (χ4n) is 2.07. The Kier molecular flexibility index (Phi) is 4.11. The van der Waals surface area contributed by atoms with Crippen molar-refractivity contribution in [1.82, 2.24) is 15.6 Å². The van der Waals surface area contributed by atoms with E-state index < -0.39 is 5.54 Å². The van der Waals surface area contributed by atoms with Gasteiger partial charge in [-0.3, -0.25) is 4.98 Å². The Labute approximate surface area is 106 Å². The summed E-state index contributed by atoms with van der Waals surface area (Å²) in [6, 6.07) is 3.21. The zero-order valence-electron chi connectivity index (χ0n) is 10.1. The van der Waals surface area contributed by atoms with Gasteiger partial charge in [-0.15, -0.1) is 0 Å². The van der Waals surface area contributed by atoms with Crippen molar-refractivity contribution in [3.63, 3.8) is 0 Å². The zero-order valence-corrected chi connectivity index (χ0v) is 10.1. The van der Waals surface area contributed by atoms with Gasteiger partial charge in [0.1, 0.15) is 0 Å². The summed E-state index contributed by atoms with van der Waals surface area (Å²) in [5.41, 5.74) is 0.120. The number of carbonyl (C=O) groups excluding carboxylic acids is 1. The number of aliphatic hydroxyl groups excluding tert-OH is 1. The Morgan fingerprint density at radius 2 is 2.28 bits per heavy atom. The summed E-state index contributed by atoms with van der Waals surface area (Å²) in [5, 5.41) is 18.2. The third-order valence-corrected chi connectivity index (χ3v) is 3.16. The van der Waals surface area contributed by atoms with Gasteiger partial charge in [-0.2, -0.15) is 0 Å². The third-order valence-electron chi connectivity index (χ3n) is 3.16. The van der Waals surface area contributed by atoms with Gasteiger partial charge in [0.05, 0.1) is 24.0 Å². The molecule has 0 bridgehead atoms. The van der Waals surface area contributed by atoms with Crippen LogP contribution in [-0.2, 0) is 0 Å². The monoisotopic (exact) mass is 250 g/mol. The van der Waals surface area contributed by atoms with Gasteiger partial charge in [0.2, 0.25) is 0 Å². The largest absolute Gasteiger partial charge is 0.394 e. The van der Waals surface area contributed by atoms with Crippen molar-refractivity contribution in [1.29, 1.82) is 0 Å². The van der Waals surface area contributed by atoms with Crippen LogP contribution in [0.15, 0.2) is 24.5 Å². The highest BCUT2D eigenvalue weighted by atomic mass is 16.3. The summed E-state index contributed by atoms with van der Waals surface area (Å²) in [6.45, 7) is 1.55. The van der Waals surface area contributed by atoms with E-state index in [0.717, 1.165) is 25.9 Å². The first-order valence-corrected chi connectivity index (χ1v) is 6.05. The first-order valence-electron chi connectivity index (χ1n) is 6.05. The van der Waals surface area contributed by atoms with E-state index in [4.69, 9.17) is 0 Å². The van der Waals surface area contributed by atoms with Gasteiger partial charge in [0.15, 0.2) is 0 Å². The van der Waals surface area contributed by atoms with Gasteiger partial charge in [0.25, 0.3) is 0 Å². The fourth-order valence-corrected chi connectivity index (χ4v) is 2.07. The summed E-state index contributed by atoms with van der Waals surface area (Å²) in [6.07, 6.45) is 4.67. The maximum Gasteiger partial charge on any atom is 0.319 e. The van der Waals surface area contributed by atoms with Crippen molar-refractivity contribution in [3.05, 3.63) is 24.5 Å². The normalized spacial score (nSPS) is 18.1. The quantitative estimate of drug-likeness (QED) is 0.622. The van der Waals surface area contributed by atoms with Gasteiger partial charge >= 0.3 is 6.03 Å². The SMILES string of the molecule is O=C(Nc1cccnc1)NC1(CO)CCNCC1. The lowest BCUT2D eigenvalue weighted by molar-refractivity contribution is 0.134. The Bertz CT molecular complexity index is 390. The van der Waals surface area contributed by atoms with E-state index in [-0.39, 0.29) is 12.6 Å². The lowest BCUT2D eigenvalue weighted by Crippen LogP contribution is -2.57. The number of hydrogen-bond donors (Lipinski definition) is 4. The summed E-state index contributed by atoms with van der Waals surface area (Å²) >= 11 is 0. The number of rotatable bonds is 3. The second-order valence-electron chi connectivity index (χ2n) is 4.51. The molecule has 1 fully saturated rings. The second kappa shape index (κ2) is 5.79. The summed E-state index contributed by atoms with van der Waals surface area (Å²) in [4.78, 5) is 15.8. The molecule has 2 amide bonds. The zero-order chi connectivity index (χ0) is 12.8. The minimum absolute atomic E-state index is 0.0465. The van der Waals surface area contributed by atoms with Crippen LogP contribution in [0.5, 0.6) is 0 Å². The molecule has 98 valence electrons. The molecule has 0 spiro atoms. The number of anilines is 1. The molecule has 0 unspecified atom stereocenters. The van der Waals surface area contributed by atoms with Crippen molar-refractivity contribution < 1.29 is 9.90 Å². The molecule has 2 heterocycles. The molecule has 1 aliphatic rings. The molecule has 1 saturated heterocycles. The number of pyridine rings is 1. The molecule has 0 aliphatic carbocycles. The highest BCUT2D eigenvalue weighted by Crippen LogP contribution is 2.17. The summed E-state index contributed by atoms with van der Waals surface area (Å²) in [5.74, 6) is 0. The van der Waals surface area contributed by atoms with Crippen LogP contribution < -0.4 is 16.0 Å². The molecule has 6 nitrogen and oxygen atoms in total. The van der Waals surface area contributed by atoms with Gasteiger partial charge < -0.3 is 21.1 Å². The summed E-state index contributed by atoms with van der Waals surface area (Å²) < 4.78 is 0. The molecule has 0 saturated carbocycles. The van der Waals surface area contributed by atoms with Crippen molar-refractivity contribution >= 4 is 11.7 Å². The van der Waals surface area contributed by atoms with E-state index in [1.165, 1.54) is 0 Å².